The van der Waals surface area contributed by atoms with E-state index in [9.17, 15) is 4.79 Å². The highest BCUT2D eigenvalue weighted by Gasteiger charge is 2.17. The molecule has 0 fully saturated rings. The summed E-state index contributed by atoms with van der Waals surface area (Å²) < 4.78 is 10.5. The van der Waals surface area contributed by atoms with E-state index in [-0.39, 0.29) is 0 Å². The van der Waals surface area contributed by atoms with Crippen molar-refractivity contribution in [1.29, 1.82) is 0 Å². The van der Waals surface area contributed by atoms with Gasteiger partial charge in [0.15, 0.2) is 6.10 Å². The average Bonchev–Trinajstić information content (AvgIpc) is 2.37. The minimum Gasteiger partial charge on any atom is -0.492 e. The molecule has 5 nitrogen and oxygen atoms in total. The molecule has 0 unspecified atom stereocenters. The first-order valence-corrected chi connectivity index (χ1v) is 5.93. The maximum atomic E-state index is 10.9. The zero-order valence-electron chi connectivity index (χ0n) is 10.5. The Hall–Kier alpha value is -1.59. The van der Waals surface area contributed by atoms with Gasteiger partial charge in [0, 0.05) is 19.6 Å². The van der Waals surface area contributed by atoms with Gasteiger partial charge in [0.25, 0.3) is 0 Å². The molecule has 1 atom stereocenters. The zero-order valence-corrected chi connectivity index (χ0v) is 10.5. The molecule has 0 heterocycles. The molecule has 0 spiro atoms. The Balaban J connectivity index is 2.58. The Labute approximate surface area is 107 Å². The largest absolute Gasteiger partial charge is 0.492 e. The molecule has 0 amide bonds. The Kier molecular flexibility index (Phi) is 6.18. The van der Waals surface area contributed by atoms with E-state index in [2.05, 4.69) is 0 Å². The van der Waals surface area contributed by atoms with E-state index >= 15 is 0 Å². The Morgan fingerprint density at radius 1 is 1.39 bits per heavy atom. The minimum atomic E-state index is -0.944. The molecular formula is C13H19NO4. The Morgan fingerprint density at radius 2 is 2.06 bits per heavy atom. The molecule has 3 N–H and O–H groups in total. The normalized spacial score (nSPS) is 12.1. The van der Waals surface area contributed by atoms with E-state index in [0.29, 0.717) is 26.2 Å². The topological polar surface area (TPSA) is 81.8 Å². The fourth-order valence-electron chi connectivity index (χ4n) is 1.53. The van der Waals surface area contributed by atoms with Crippen LogP contribution in [-0.2, 0) is 16.0 Å². The van der Waals surface area contributed by atoms with Gasteiger partial charge in [0.2, 0.25) is 0 Å². The Morgan fingerprint density at radius 3 is 2.56 bits per heavy atom. The van der Waals surface area contributed by atoms with Crippen LogP contribution in [0.15, 0.2) is 24.3 Å². The van der Waals surface area contributed by atoms with Crippen molar-refractivity contribution in [3.8, 4) is 5.75 Å². The van der Waals surface area contributed by atoms with E-state index in [0.717, 1.165) is 11.3 Å². The molecule has 0 aliphatic heterocycles. The minimum absolute atomic E-state index is 0.348. The van der Waals surface area contributed by atoms with Gasteiger partial charge < -0.3 is 20.3 Å². The summed E-state index contributed by atoms with van der Waals surface area (Å²) in [6, 6.07) is 7.27. The third kappa shape index (κ3) is 4.73. The first kappa shape index (κ1) is 14.5. The van der Waals surface area contributed by atoms with Gasteiger partial charge >= 0.3 is 5.97 Å². The fraction of sp³-hybridized carbons (Fsp3) is 0.462. The first-order valence-electron chi connectivity index (χ1n) is 5.93. The maximum Gasteiger partial charge on any atom is 0.333 e. The van der Waals surface area contributed by atoms with Gasteiger partial charge in [0.05, 0.1) is 0 Å². The molecule has 0 aromatic heterocycles. The summed E-state index contributed by atoms with van der Waals surface area (Å²) in [4.78, 5) is 10.9. The van der Waals surface area contributed by atoms with Crippen LogP contribution in [0.4, 0.5) is 0 Å². The number of nitrogens with two attached hydrogens (primary N) is 1. The molecule has 1 rings (SSSR count). The molecule has 1 aromatic rings. The number of rotatable bonds is 8. The van der Waals surface area contributed by atoms with Crippen LogP contribution in [0.1, 0.15) is 12.5 Å². The summed E-state index contributed by atoms with van der Waals surface area (Å²) >= 11 is 0. The lowest BCUT2D eigenvalue weighted by Gasteiger charge is -2.12. The van der Waals surface area contributed by atoms with Crippen LogP contribution in [0, 0.1) is 0 Å². The molecule has 0 saturated heterocycles. The summed E-state index contributed by atoms with van der Waals surface area (Å²) in [6.45, 7) is 3.09. The quantitative estimate of drug-likeness (QED) is 0.724. The fourth-order valence-corrected chi connectivity index (χ4v) is 1.53. The van der Waals surface area contributed by atoms with Crippen LogP contribution < -0.4 is 10.5 Å². The van der Waals surface area contributed by atoms with Crippen molar-refractivity contribution in [2.24, 2.45) is 5.73 Å². The van der Waals surface area contributed by atoms with E-state index in [1.54, 1.807) is 19.1 Å². The number of benzene rings is 1. The highest BCUT2D eigenvalue weighted by molar-refractivity contribution is 5.72. The molecule has 5 heteroatoms. The van der Waals surface area contributed by atoms with E-state index in [1.165, 1.54) is 0 Å². The molecule has 0 aliphatic carbocycles. The molecule has 1 aromatic carbocycles. The summed E-state index contributed by atoms with van der Waals surface area (Å²) in [6.07, 6.45) is -0.453. The predicted molar refractivity (Wildman–Crippen MR) is 67.7 cm³/mol. The van der Waals surface area contributed by atoms with Crippen LogP contribution in [0.5, 0.6) is 5.75 Å². The van der Waals surface area contributed by atoms with Crippen LogP contribution in [0.2, 0.25) is 0 Å². The third-order valence-corrected chi connectivity index (χ3v) is 2.37. The predicted octanol–water partition coefficient (Wildman–Crippen LogP) is 1.06. The van der Waals surface area contributed by atoms with Gasteiger partial charge in [0.1, 0.15) is 12.4 Å². The summed E-state index contributed by atoms with van der Waals surface area (Å²) in [5.41, 5.74) is 6.23. The Bertz CT molecular complexity index is 364. The monoisotopic (exact) mass is 253 g/mol. The van der Waals surface area contributed by atoms with Gasteiger partial charge in [-0.1, -0.05) is 12.1 Å². The number of carboxylic acid groups (broad SMARTS) is 1. The van der Waals surface area contributed by atoms with Crippen molar-refractivity contribution < 1.29 is 19.4 Å². The summed E-state index contributed by atoms with van der Waals surface area (Å²) in [7, 11) is 0. The van der Waals surface area contributed by atoms with Gasteiger partial charge in [-0.05, 0) is 24.6 Å². The van der Waals surface area contributed by atoms with Gasteiger partial charge in [-0.25, -0.2) is 4.79 Å². The lowest BCUT2D eigenvalue weighted by Crippen LogP contribution is -2.26. The third-order valence-electron chi connectivity index (χ3n) is 2.37. The highest BCUT2D eigenvalue weighted by atomic mass is 16.5. The van der Waals surface area contributed by atoms with Crippen LogP contribution in [0.3, 0.4) is 0 Å². The molecule has 0 aliphatic rings. The second-order valence-electron chi connectivity index (χ2n) is 3.77. The summed E-state index contributed by atoms with van der Waals surface area (Å²) in [5.74, 6) is -0.215. The lowest BCUT2D eigenvalue weighted by molar-refractivity contribution is -0.149. The number of carboxylic acids is 1. The van der Waals surface area contributed by atoms with Crippen LogP contribution >= 0.6 is 0 Å². The molecule has 0 radical (unpaired) electrons. The number of carbonyl (C=O) groups is 1. The van der Waals surface area contributed by atoms with E-state index in [4.69, 9.17) is 20.3 Å². The van der Waals surface area contributed by atoms with Crippen LogP contribution in [0.25, 0.3) is 0 Å². The SMILES string of the molecule is CCO[C@@H](Cc1ccc(OCCN)cc1)C(=O)O. The van der Waals surface area contributed by atoms with Crippen molar-refractivity contribution in [2.75, 3.05) is 19.8 Å². The zero-order chi connectivity index (χ0) is 13.4. The average molecular weight is 253 g/mol. The van der Waals surface area contributed by atoms with Gasteiger partial charge in [-0.3, -0.25) is 0 Å². The second kappa shape index (κ2) is 7.68. The second-order valence-corrected chi connectivity index (χ2v) is 3.77. The molecular weight excluding hydrogens is 234 g/mol. The number of hydrogen-bond donors (Lipinski definition) is 2. The van der Waals surface area contributed by atoms with Crippen molar-refractivity contribution in [3.05, 3.63) is 29.8 Å². The van der Waals surface area contributed by atoms with E-state index < -0.39 is 12.1 Å². The number of aliphatic carboxylic acids is 1. The van der Waals surface area contributed by atoms with E-state index in [1.807, 2.05) is 12.1 Å². The molecule has 100 valence electrons. The van der Waals surface area contributed by atoms with Gasteiger partial charge in [-0.2, -0.15) is 0 Å². The summed E-state index contributed by atoms with van der Waals surface area (Å²) in [5, 5.41) is 8.97. The van der Waals surface area contributed by atoms with Crippen molar-refractivity contribution in [3.63, 3.8) is 0 Å². The standard InChI is InChI=1S/C13H19NO4/c1-2-17-12(13(15)16)9-10-3-5-11(6-4-10)18-8-7-14/h3-6,12H,2,7-9,14H2,1H3,(H,15,16)/t12-/m0/s1. The van der Waals surface area contributed by atoms with Crippen molar-refractivity contribution in [1.82, 2.24) is 0 Å². The number of ether oxygens (including phenoxy) is 2. The molecule has 0 saturated carbocycles. The van der Waals surface area contributed by atoms with Crippen LogP contribution in [-0.4, -0.2) is 36.9 Å². The lowest BCUT2D eigenvalue weighted by atomic mass is 10.1. The smallest absolute Gasteiger partial charge is 0.333 e. The highest BCUT2D eigenvalue weighted by Crippen LogP contribution is 2.14. The van der Waals surface area contributed by atoms with Crippen molar-refractivity contribution >= 4 is 5.97 Å². The first-order chi connectivity index (χ1) is 8.67. The van der Waals surface area contributed by atoms with Gasteiger partial charge in [-0.15, -0.1) is 0 Å². The number of hydrogen-bond acceptors (Lipinski definition) is 4. The van der Waals surface area contributed by atoms with Crippen molar-refractivity contribution in [2.45, 2.75) is 19.4 Å². The maximum absolute atomic E-state index is 10.9. The molecule has 0 bridgehead atoms. The molecule has 18 heavy (non-hydrogen) atoms.